The molecule has 0 aliphatic rings. The van der Waals surface area contributed by atoms with Crippen LogP contribution in [0.5, 0.6) is 0 Å². The van der Waals surface area contributed by atoms with Gasteiger partial charge >= 0.3 is 0 Å². The Morgan fingerprint density at radius 1 is 1.25 bits per heavy atom. The Hall–Kier alpha value is -1.68. The maximum atomic E-state index is 14.1. The van der Waals surface area contributed by atoms with Crippen LogP contribution < -0.4 is 5.32 Å². The van der Waals surface area contributed by atoms with E-state index in [4.69, 9.17) is 0 Å². The Morgan fingerprint density at radius 2 is 2.05 bits per heavy atom. The van der Waals surface area contributed by atoms with Crippen LogP contribution in [0.4, 0.5) is 4.39 Å². The number of aryl methyl sites for hydroxylation is 1. The molecule has 0 amide bonds. The molecule has 4 heteroatoms. The van der Waals surface area contributed by atoms with Crippen molar-refractivity contribution in [2.75, 3.05) is 6.54 Å². The zero-order chi connectivity index (χ0) is 14.5. The molecule has 0 aliphatic heterocycles. The summed E-state index contributed by atoms with van der Waals surface area (Å²) in [5.74, 6) is -0.190. The van der Waals surface area contributed by atoms with Gasteiger partial charge in [-0.2, -0.15) is 5.10 Å². The van der Waals surface area contributed by atoms with Crippen LogP contribution >= 0.6 is 0 Å². The molecular formula is C16H22FN3. The number of hydrogen-bond acceptors (Lipinski definition) is 2. The van der Waals surface area contributed by atoms with E-state index in [1.807, 2.05) is 23.7 Å². The molecule has 0 saturated carbocycles. The van der Waals surface area contributed by atoms with E-state index in [-0.39, 0.29) is 5.82 Å². The number of halogens is 1. The summed E-state index contributed by atoms with van der Waals surface area (Å²) in [4.78, 5) is 0. The molecule has 0 unspecified atom stereocenters. The van der Waals surface area contributed by atoms with Gasteiger partial charge in [-0.15, -0.1) is 0 Å². The molecule has 0 bridgehead atoms. The minimum atomic E-state index is -0.190. The number of aromatic nitrogens is 2. The number of nitrogens with one attached hydrogen (secondary N) is 1. The fourth-order valence-corrected chi connectivity index (χ4v) is 2.31. The minimum Gasteiger partial charge on any atom is -0.313 e. The highest BCUT2D eigenvalue weighted by Crippen LogP contribution is 2.27. The molecule has 0 spiro atoms. The summed E-state index contributed by atoms with van der Waals surface area (Å²) in [5, 5.41) is 7.61. The van der Waals surface area contributed by atoms with Crippen molar-refractivity contribution in [2.24, 2.45) is 0 Å². The molecule has 1 N–H and O–H groups in total. The molecule has 0 atom stereocenters. The second kappa shape index (κ2) is 6.66. The van der Waals surface area contributed by atoms with Crippen LogP contribution in [-0.4, -0.2) is 16.3 Å². The second-order valence-electron chi connectivity index (χ2n) is 4.96. The highest BCUT2D eigenvalue weighted by Gasteiger charge is 2.13. The summed E-state index contributed by atoms with van der Waals surface area (Å²) < 4.78 is 16.0. The van der Waals surface area contributed by atoms with E-state index in [1.54, 1.807) is 12.3 Å². The fraction of sp³-hybridized carbons (Fsp3) is 0.438. The molecule has 0 radical (unpaired) electrons. The van der Waals surface area contributed by atoms with Gasteiger partial charge in [0, 0.05) is 29.9 Å². The van der Waals surface area contributed by atoms with Crippen molar-refractivity contribution < 1.29 is 4.39 Å². The Kier molecular flexibility index (Phi) is 4.90. The van der Waals surface area contributed by atoms with Gasteiger partial charge in [-0.3, -0.25) is 4.68 Å². The number of benzene rings is 1. The number of rotatable bonds is 6. The maximum Gasteiger partial charge on any atom is 0.131 e. The topological polar surface area (TPSA) is 29.9 Å². The predicted octanol–water partition coefficient (Wildman–Crippen LogP) is 3.52. The summed E-state index contributed by atoms with van der Waals surface area (Å²) in [6.07, 6.45) is 2.78. The van der Waals surface area contributed by atoms with E-state index in [0.717, 1.165) is 42.9 Å². The quantitative estimate of drug-likeness (QED) is 0.874. The average molecular weight is 275 g/mol. The molecule has 1 aromatic heterocycles. The lowest BCUT2D eigenvalue weighted by Gasteiger charge is -2.08. The Labute approximate surface area is 119 Å². The van der Waals surface area contributed by atoms with Crippen LogP contribution in [0.15, 0.2) is 24.4 Å². The van der Waals surface area contributed by atoms with Gasteiger partial charge in [0.2, 0.25) is 0 Å². The largest absolute Gasteiger partial charge is 0.313 e. The van der Waals surface area contributed by atoms with Crippen molar-refractivity contribution in [2.45, 2.75) is 40.3 Å². The normalized spacial score (nSPS) is 11.0. The molecule has 0 aliphatic carbocycles. The van der Waals surface area contributed by atoms with Crippen LogP contribution in [0.1, 0.15) is 31.5 Å². The van der Waals surface area contributed by atoms with Gasteiger partial charge in [0.1, 0.15) is 5.82 Å². The highest BCUT2D eigenvalue weighted by molar-refractivity contribution is 5.66. The lowest BCUT2D eigenvalue weighted by atomic mass is 10.0. The molecule has 1 heterocycles. The summed E-state index contributed by atoms with van der Waals surface area (Å²) in [6.45, 7) is 8.69. The van der Waals surface area contributed by atoms with Crippen LogP contribution in [0.2, 0.25) is 0 Å². The molecule has 2 aromatic rings. The second-order valence-corrected chi connectivity index (χ2v) is 4.96. The first kappa shape index (κ1) is 14.7. The fourth-order valence-electron chi connectivity index (χ4n) is 2.31. The molecule has 1 aromatic carbocycles. The predicted molar refractivity (Wildman–Crippen MR) is 80.0 cm³/mol. The molecule has 2 rings (SSSR count). The third kappa shape index (κ3) is 3.07. The van der Waals surface area contributed by atoms with Crippen LogP contribution in [0.3, 0.4) is 0 Å². The van der Waals surface area contributed by atoms with Crippen molar-refractivity contribution in [3.05, 3.63) is 41.5 Å². The van der Waals surface area contributed by atoms with Crippen LogP contribution in [0, 0.1) is 12.7 Å². The van der Waals surface area contributed by atoms with Crippen molar-refractivity contribution in [3.63, 3.8) is 0 Å². The Bertz CT molecular complexity index is 575. The van der Waals surface area contributed by atoms with E-state index < -0.39 is 0 Å². The number of nitrogens with zero attached hydrogens (tertiary/aromatic N) is 2. The van der Waals surface area contributed by atoms with Crippen LogP contribution in [-0.2, 0) is 13.1 Å². The third-order valence-corrected chi connectivity index (χ3v) is 3.44. The lowest BCUT2D eigenvalue weighted by Crippen LogP contribution is -2.11. The molecule has 20 heavy (non-hydrogen) atoms. The number of hydrogen-bond donors (Lipinski definition) is 1. The molecule has 0 saturated heterocycles. The van der Waals surface area contributed by atoms with Gasteiger partial charge in [0.25, 0.3) is 0 Å². The molecular weight excluding hydrogens is 253 g/mol. The minimum absolute atomic E-state index is 0.190. The third-order valence-electron chi connectivity index (χ3n) is 3.44. The van der Waals surface area contributed by atoms with Crippen molar-refractivity contribution >= 4 is 0 Å². The van der Waals surface area contributed by atoms with Crippen LogP contribution in [0.25, 0.3) is 11.1 Å². The smallest absolute Gasteiger partial charge is 0.131 e. The Morgan fingerprint density at radius 3 is 2.75 bits per heavy atom. The van der Waals surface area contributed by atoms with Crippen molar-refractivity contribution in [1.29, 1.82) is 0 Å². The van der Waals surface area contributed by atoms with Crippen molar-refractivity contribution in [3.8, 4) is 11.1 Å². The first-order chi connectivity index (χ1) is 9.67. The SMILES string of the molecule is CCCn1ncc(-c2cc(CNCC)ccc2F)c1C. The summed E-state index contributed by atoms with van der Waals surface area (Å²) in [5.41, 5.74) is 3.63. The van der Waals surface area contributed by atoms with Gasteiger partial charge in [0.15, 0.2) is 0 Å². The van der Waals surface area contributed by atoms with E-state index in [9.17, 15) is 4.39 Å². The van der Waals surface area contributed by atoms with Gasteiger partial charge < -0.3 is 5.32 Å². The standard InChI is InChI=1S/C16H22FN3/c1-4-8-20-12(3)15(11-19-20)14-9-13(10-18-5-2)6-7-16(14)17/h6-7,9,11,18H,4-5,8,10H2,1-3H3. The van der Waals surface area contributed by atoms with Gasteiger partial charge in [-0.05, 0) is 37.6 Å². The summed E-state index contributed by atoms with van der Waals surface area (Å²) >= 11 is 0. The van der Waals surface area contributed by atoms with E-state index >= 15 is 0 Å². The summed E-state index contributed by atoms with van der Waals surface area (Å²) in [6, 6.07) is 5.28. The highest BCUT2D eigenvalue weighted by atomic mass is 19.1. The first-order valence-electron chi connectivity index (χ1n) is 7.19. The van der Waals surface area contributed by atoms with E-state index in [0.29, 0.717) is 5.56 Å². The first-order valence-corrected chi connectivity index (χ1v) is 7.19. The monoisotopic (exact) mass is 275 g/mol. The molecule has 108 valence electrons. The lowest BCUT2D eigenvalue weighted by molar-refractivity contribution is 0.587. The Balaban J connectivity index is 2.36. The average Bonchev–Trinajstić information content (AvgIpc) is 2.80. The van der Waals surface area contributed by atoms with E-state index in [2.05, 4.69) is 24.3 Å². The van der Waals surface area contributed by atoms with E-state index in [1.165, 1.54) is 0 Å². The molecule has 0 fully saturated rings. The van der Waals surface area contributed by atoms with Gasteiger partial charge in [-0.1, -0.05) is 19.9 Å². The van der Waals surface area contributed by atoms with Gasteiger partial charge in [0.05, 0.1) is 6.20 Å². The molecule has 3 nitrogen and oxygen atoms in total. The zero-order valence-electron chi connectivity index (χ0n) is 12.4. The summed E-state index contributed by atoms with van der Waals surface area (Å²) in [7, 11) is 0. The maximum absolute atomic E-state index is 14.1. The van der Waals surface area contributed by atoms with Gasteiger partial charge in [-0.25, -0.2) is 4.39 Å². The van der Waals surface area contributed by atoms with Crippen molar-refractivity contribution in [1.82, 2.24) is 15.1 Å². The zero-order valence-corrected chi connectivity index (χ0v) is 12.4.